The Bertz CT molecular complexity index is 385. The maximum atomic E-state index is 8.60. The van der Waals surface area contributed by atoms with Gasteiger partial charge in [-0.15, -0.1) is 0 Å². The lowest BCUT2D eigenvalue weighted by Gasteiger charge is -2.23. The number of rotatable bonds is 4. The van der Waals surface area contributed by atoms with Crippen molar-refractivity contribution >= 4 is 5.84 Å². The van der Waals surface area contributed by atoms with Gasteiger partial charge in [-0.05, 0) is 27.0 Å². The number of nitrogens with two attached hydrogens (primary N) is 1. The minimum absolute atomic E-state index is 0.111. The molecule has 6 nitrogen and oxygen atoms in total. The maximum absolute atomic E-state index is 8.60. The van der Waals surface area contributed by atoms with E-state index in [9.17, 15) is 0 Å². The van der Waals surface area contributed by atoms with Crippen molar-refractivity contribution in [2.24, 2.45) is 17.9 Å². The summed E-state index contributed by atoms with van der Waals surface area (Å²) in [5, 5.41) is 15.9. The first-order valence-corrected chi connectivity index (χ1v) is 5.13. The van der Waals surface area contributed by atoms with Gasteiger partial charge < -0.3 is 10.9 Å². The van der Waals surface area contributed by atoms with Crippen molar-refractivity contribution < 1.29 is 5.21 Å². The van der Waals surface area contributed by atoms with Crippen molar-refractivity contribution in [2.75, 3.05) is 7.05 Å². The van der Waals surface area contributed by atoms with Gasteiger partial charge in [-0.2, -0.15) is 5.10 Å². The number of aryl methyl sites for hydroxylation is 2. The van der Waals surface area contributed by atoms with Gasteiger partial charge in [0.1, 0.15) is 0 Å². The minimum atomic E-state index is -0.111. The van der Waals surface area contributed by atoms with Gasteiger partial charge >= 0.3 is 0 Å². The molecule has 0 saturated carbocycles. The Morgan fingerprint density at radius 1 is 1.75 bits per heavy atom. The van der Waals surface area contributed by atoms with E-state index >= 15 is 0 Å². The fraction of sp³-hybridized carbons (Fsp3) is 0.600. The molecule has 0 fully saturated rings. The Balaban J connectivity index is 2.71. The first kappa shape index (κ1) is 12.5. The summed E-state index contributed by atoms with van der Waals surface area (Å²) in [6.45, 7) is 4.55. The van der Waals surface area contributed by atoms with Crippen molar-refractivity contribution in [2.45, 2.75) is 26.4 Å². The molecule has 1 aromatic heterocycles. The van der Waals surface area contributed by atoms with Gasteiger partial charge in [0.25, 0.3) is 0 Å². The maximum Gasteiger partial charge on any atom is 0.156 e. The van der Waals surface area contributed by atoms with Crippen molar-refractivity contribution in [1.29, 1.82) is 0 Å². The molecule has 0 radical (unpaired) electrons. The van der Waals surface area contributed by atoms with Crippen LogP contribution in [-0.4, -0.2) is 38.8 Å². The van der Waals surface area contributed by atoms with Gasteiger partial charge in [0.15, 0.2) is 5.84 Å². The zero-order valence-corrected chi connectivity index (χ0v) is 10.2. The van der Waals surface area contributed by atoms with Crippen LogP contribution in [0.5, 0.6) is 0 Å². The Morgan fingerprint density at radius 2 is 2.38 bits per heavy atom. The summed E-state index contributed by atoms with van der Waals surface area (Å²) in [5.74, 6) is 0.210. The van der Waals surface area contributed by atoms with E-state index in [1.54, 1.807) is 0 Å². The molecule has 0 aliphatic carbocycles. The Labute approximate surface area is 95.3 Å². The topological polar surface area (TPSA) is 79.7 Å². The second kappa shape index (κ2) is 4.98. The number of aromatic nitrogens is 2. The van der Waals surface area contributed by atoms with Crippen molar-refractivity contribution in [3.05, 3.63) is 17.5 Å². The summed E-state index contributed by atoms with van der Waals surface area (Å²) < 4.78 is 1.84. The first-order valence-electron chi connectivity index (χ1n) is 5.13. The molecule has 90 valence electrons. The molecule has 0 spiro atoms. The lowest BCUT2D eigenvalue weighted by Crippen LogP contribution is -2.40. The van der Waals surface area contributed by atoms with Crippen molar-refractivity contribution in [3.8, 4) is 0 Å². The number of likely N-dealkylation sites (N-methyl/N-ethyl adjacent to an activating group) is 1. The lowest BCUT2D eigenvalue weighted by atomic mass is 10.2. The summed E-state index contributed by atoms with van der Waals surface area (Å²) in [6, 6.07) is 1.91. The standard InChI is InChI=1S/C10H19N5O/c1-7-5-9(15(4)12-7)6-14(3)8(2)10(11)13-16/h5,8,16H,6H2,1-4H3,(H2,11,13). The van der Waals surface area contributed by atoms with E-state index in [1.807, 2.05) is 43.6 Å². The third kappa shape index (κ3) is 2.73. The molecular formula is C10H19N5O. The zero-order chi connectivity index (χ0) is 12.3. The van der Waals surface area contributed by atoms with E-state index in [2.05, 4.69) is 10.3 Å². The molecule has 3 N–H and O–H groups in total. The molecule has 0 aliphatic rings. The normalized spacial score (nSPS) is 14.4. The van der Waals surface area contributed by atoms with Crippen LogP contribution in [0.2, 0.25) is 0 Å². The molecular weight excluding hydrogens is 206 g/mol. The summed E-state index contributed by atoms with van der Waals surface area (Å²) in [5.41, 5.74) is 7.63. The summed E-state index contributed by atoms with van der Waals surface area (Å²) in [6.07, 6.45) is 0. The van der Waals surface area contributed by atoms with Gasteiger partial charge in [0.2, 0.25) is 0 Å². The number of hydrogen-bond donors (Lipinski definition) is 2. The average molecular weight is 225 g/mol. The van der Waals surface area contributed by atoms with Crippen LogP contribution in [0, 0.1) is 6.92 Å². The van der Waals surface area contributed by atoms with Crippen LogP contribution in [0.4, 0.5) is 0 Å². The third-order valence-corrected chi connectivity index (χ3v) is 2.71. The number of amidine groups is 1. The van der Waals surface area contributed by atoms with Crippen LogP contribution in [-0.2, 0) is 13.6 Å². The molecule has 1 unspecified atom stereocenters. The van der Waals surface area contributed by atoms with Crippen molar-refractivity contribution in [1.82, 2.24) is 14.7 Å². The Hall–Kier alpha value is -1.56. The predicted octanol–water partition coefficient (Wildman–Crippen LogP) is 0.295. The van der Waals surface area contributed by atoms with Crippen LogP contribution in [0.15, 0.2) is 11.2 Å². The largest absolute Gasteiger partial charge is 0.409 e. The highest BCUT2D eigenvalue weighted by atomic mass is 16.4. The third-order valence-electron chi connectivity index (χ3n) is 2.71. The molecule has 1 atom stereocenters. The Morgan fingerprint density at radius 3 is 2.81 bits per heavy atom. The van der Waals surface area contributed by atoms with E-state index in [0.717, 1.165) is 11.4 Å². The predicted molar refractivity (Wildman–Crippen MR) is 62.3 cm³/mol. The molecule has 6 heteroatoms. The van der Waals surface area contributed by atoms with E-state index in [1.165, 1.54) is 0 Å². The SMILES string of the molecule is Cc1cc(CN(C)C(C)C(N)=NO)n(C)n1. The molecule has 0 amide bonds. The quantitative estimate of drug-likeness (QED) is 0.334. The highest BCUT2D eigenvalue weighted by Gasteiger charge is 2.15. The molecule has 1 aromatic rings. The average Bonchev–Trinajstić information content (AvgIpc) is 2.55. The van der Waals surface area contributed by atoms with Gasteiger partial charge in [-0.25, -0.2) is 0 Å². The van der Waals surface area contributed by atoms with E-state index in [4.69, 9.17) is 10.9 Å². The van der Waals surface area contributed by atoms with E-state index in [-0.39, 0.29) is 11.9 Å². The smallest absolute Gasteiger partial charge is 0.156 e. The van der Waals surface area contributed by atoms with Gasteiger partial charge in [-0.3, -0.25) is 9.58 Å². The van der Waals surface area contributed by atoms with Crippen LogP contribution < -0.4 is 5.73 Å². The zero-order valence-electron chi connectivity index (χ0n) is 10.2. The highest BCUT2D eigenvalue weighted by molar-refractivity contribution is 5.84. The van der Waals surface area contributed by atoms with Gasteiger partial charge in [0.05, 0.1) is 17.4 Å². The summed E-state index contributed by atoms with van der Waals surface area (Å²) >= 11 is 0. The minimum Gasteiger partial charge on any atom is -0.409 e. The van der Waals surface area contributed by atoms with Crippen LogP contribution in [0.1, 0.15) is 18.3 Å². The molecule has 0 bridgehead atoms. The molecule has 0 aromatic carbocycles. The van der Waals surface area contributed by atoms with Gasteiger partial charge in [-0.1, -0.05) is 5.16 Å². The second-order valence-corrected chi connectivity index (χ2v) is 4.02. The molecule has 0 aliphatic heterocycles. The monoisotopic (exact) mass is 225 g/mol. The number of nitrogens with zero attached hydrogens (tertiary/aromatic N) is 4. The van der Waals surface area contributed by atoms with Crippen molar-refractivity contribution in [3.63, 3.8) is 0 Å². The molecule has 0 saturated heterocycles. The lowest BCUT2D eigenvalue weighted by molar-refractivity contribution is 0.274. The summed E-state index contributed by atoms with van der Waals surface area (Å²) in [7, 11) is 3.83. The number of oxime groups is 1. The first-order chi connectivity index (χ1) is 7.45. The highest BCUT2D eigenvalue weighted by Crippen LogP contribution is 2.07. The second-order valence-electron chi connectivity index (χ2n) is 4.02. The molecule has 1 rings (SSSR count). The van der Waals surface area contributed by atoms with E-state index < -0.39 is 0 Å². The van der Waals surface area contributed by atoms with Crippen LogP contribution in [0.25, 0.3) is 0 Å². The molecule has 1 heterocycles. The molecule has 16 heavy (non-hydrogen) atoms. The fourth-order valence-electron chi connectivity index (χ4n) is 1.51. The van der Waals surface area contributed by atoms with Crippen LogP contribution >= 0.6 is 0 Å². The summed E-state index contributed by atoms with van der Waals surface area (Å²) in [4.78, 5) is 1.99. The Kier molecular flexibility index (Phi) is 3.89. The van der Waals surface area contributed by atoms with Crippen LogP contribution in [0.3, 0.4) is 0 Å². The van der Waals surface area contributed by atoms with Gasteiger partial charge in [0, 0.05) is 13.6 Å². The fourth-order valence-corrected chi connectivity index (χ4v) is 1.51. The van der Waals surface area contributed by atoms with E-state index in [0.29, 0.717) is 6.54 Å². The number of hydrogen-bond acceptors (Lipinski definition) is 4.